The molecule has 0 unspecified atom stereocenters. The van der Waals surface area contributed by atoms with Crippen LogP contribution in [0.4, 0.5) is 4.39 Å². The molecule has 0 spiro atoms. The highest BCUT2D eigenvalue weighted by atomic mass is 19.1. The maximum atomic E-state index is 13.7. The van der Waals surface area contributed by atoms with Gasteiger partial charge in [0, 0.05) is 6.42 Å². The van der Waals surface area contributed by atoms with E-state index in [1.54, 1.807) is 6.07 Å². The minimum Gasteiger partial charge on any atom is -0.207 e. The molecule has 18 heavy (non-hydrogen) atoms. The highest BCUT2D eigenvalue weighted by molar-refractivity contribution is 5.31. The fraction of sp³-hybridized carbons (Fsp3) is 0.294. The number of rotatable bonds is 3. The molecule has 2 aromatic carbocycles. The molecule has 2 rings (SSSR count). The fourth-order valence-electron chi connectivity index (χ4n) is 2.04. The van der Waals surface area contributed by atoms with Crippen molar-refractivity contribution in [2.45, 2.75) is 33.1 Å². The van der Waals surface area contributed by atoms with Gasteiger partial charge in [-0.2, -0.15) is 0 Å². The lowest BCUT2D eigenvalue weighted by Crippen LogP contribution is -1.94. The van der Waals surface area contributed by atoms with Crippen molar-refractivity contribution in [3.63, 3.8) is 0 Å². The summed E-state index contributed by atoms with van der Waals surface area (Å²) in [5.74, 6) is 0.429. The zero-order valence-corrected chi connectivity index (χ0v) is 11.2. The van der Waals surface area contributed by atoms with Crippen LogP contribution < -0.4 is 0 Å². The van der Waals surface area contributed by atoms with Crippen molar-refractivity contribution in [1.29, 1.82) is 0 Å². The van der Waals surface area contributed by atoms with Crippen molar-refractivity contribution in [1.82, 2.24) is 0 Å². The second-order valence-corrected chi connectivity index (χ2v) is 5.17. The largest absolute Gasteiger partial charge is 0.207 e. The maximum Gasteiger partial charge on any atom is 0.126 e. The van der Waals surface area contributed by atoms with Crippen LogP contribution in [-0.2, 0) is 6.42 Å². The van der Waals surface area contributed by atoms with E-state index in [0.29, 0.717) is 12.3 Å². The Balaban J connectivity index is 2.18. The lowest BCUT2D eigenvalue weighted by molar-refractivity contribution is 0.612. The van der Waals surface area contributed by atoms with Gasteiger partial charge < -0.3 is 0 Å². The molecule has 0 bridgehead atoms. The van der Waals surface area contributed by atoms with E-state index in [0.717, 1.165) is 16.7 Å². The highest BCUT2D eigenvalue weighted by Gasteiger charge is 2.04. The second kappa shape index (κ2) is 5.34. The molecule has 0 atom stereocenters. The first kappa shape index (κ1) is 12.8. The molecule has 0 nitrogen and oxygen atoms in total. The van der Waals surface area contributed by atoms with E-state index in [-0.39, 0.29) is 5.82 Å². The summed E-state index contributed by atoms with van der Waals surface area (Å²) in [7, 11) is 0. The van der Waals surface area contributed by atoms with Crippen LogP contribution in [0, 0.1) is 12.7 Å². The summed E-state index contributed by atoms with van der Waals surface area (Å²) in [5, 5.41) is 0. The van der Waals surface area contributed by atoms with E-state index in [1.165, 1.54) is 5.56 Å². The van der Waals surface area contributed by atoms with Gasteiger partial charge in [0.2, 0.25) is 0 Å². The third-order valence-corrected chi connectivity index (χ3v) is 3.25. The van der Waals surface area contributed by atoms with Crippen LogP contribution in [0.25, 0.3) is 0 Å². The van der Waals surface area contributed by atoms with E-state index in [4.69, 9.17) is 0 Å². The Hall–Kier alpha value is -1.63. The third kappa shape index (κ3) is 2.98. The van der Waals surface area contributed by atoms with Crippen LogP contribution in [0.2, 0.25) is 0 Å². The van der Waals surface area contributed by atoms with Crippen LogP contribution in [0.15, 0.2) is 42.5 Å². The Morgan fingerprint density at radius 1 is 1.00 bits per heavy atom. The quantitative estimate of drug-likeness (QED) is 0.722. The first-order chi connectivity index (χ1) is 8.56. The Bertz CT molecular complexity index is 524. The van der Waals surface area contributed by atoms with E-state index >= 15 is 0 Å². The first-order valence-electron chi connectivity index (χ1n) is 6.40. The van der Waals surface area contributed by atoms with Gasteiger partial charge in [-0.3, -0.25) is 0 Å². The Labute approximate surface area is 108 Å². The van der Waals surface area contributed by atoms with E-state index in [9.17, 15) is 4.39 Å². The summed E-state index contributed by atoms with van der Waals surface area (Å²) in [6.07, 6.45) is 0.657. The zero-order valence-electron chi connectivity index (χ0n) is 11.2. The van der Waals surface area contributed by atoms with E-state index < -0.39 is 0 Å². The van der Waals surface area contributed by atoms with Gasteiger partial charge in [-0.1, -0.05) is 50.2 Å². The molecule has 1 heteroatoms. The Morgan fingerprint density at radius 3 is 2.22 bits per heavy atom. The molecule has 0 radical (unpaired) electrons. The number of halogens is 1. The molecule has 0 aliphatic rings. The molecular formula is C17H19F. The Morgan fingerprint density at radius 2 is 1.67 bits per heavy atom. The van der Waals surface area contributed by atoms with Crippen molar-refractivity contribution >= 4 is 0 Å². The van der Waals surface area contributed by atoms with Crippen LogP contribution in [0.5, 0.6) is 0 Å². The van der Waals surface area contributed by atoms with Crippen molar-refractivity contribution in [3.8, 4) is 0 Å². The summed E-state index contributed by atoms with van der Waals surface area (Å²) in [6, 6.07) is 13.9. The molecule has 0 aliphatic carbocycles. The van der Waals surface area contributed by atoms with E-state index in [1.807, 2.05) is 19.1 Å². The van der Waals surface area contributed by atoms with Crippen LogP contribution in [0.1, 0.15) is 42.0 Å². The predicted octanol–water partition coefficient (Wildman–Crippen LogP) is 4.85. The first-order valence-corrected chi connectivity index (χ1v) is 6.40. The topological polar surface area (TPSA) is 0 Å². The number of hydrogen-bond acceptors (Lipinski definition) is 0. The zero-order chi connectivity index (χ0) is 13.1. The number of hydrogen-bond donors (Lipinski definition) is 0. The van der Waals surface area contributed by atoms with Gasteiger partial charge in [0.1, 0.15) is 5.82 Å². The second-order valence-electron chi connectivity index (χ2n) is 5.17. The molecule has 2 aromatic rings. The normalized spacial score (nSPS) is 10.9. The van der Waals surface area contributed by atoms with Crippen molar-refractivity contribution in [3.05, 3.63) is 70.5 Å². The lowest BCUT2D eigenvalue weighted by atomic mass is 9.98. The molecule has 0 fully saturated rings. The number of benzene rings is 2. The maximum absolute atomic E-state index is 13.7. The summed E-state index contributed by atoms with van der Waals surface area (Å²) < 4.78 is 13.7. The molecule has 0 amide bonds. The number of aryl methyl sites for hydroxylation is 1. The summed E-state index contributed by atoms with van der Waals surface area (Å²) >= 11 is 0. The molecule has 0 aromatic heterocycles. The highest BCUT2D eigenvalue weighted by Crippen LogP contribution is 2.18. The van der Waals surface area contributed by atoms with Gasteiger partial charge in [-0.25, -0.2) is 4.39 Å². The standard InChI is InChI=1S/C17H19F/c1-12(2)15-8-5-14(6-9-15)11-16-7-4-13(3)10-17(16)18/h4-10,12H,11H2,1-3H3. The van der Waals surface area contributed by atoms with Gasteiger partial charge in [0.05, 0.1) is 0 Å². The third-order valence-electron chi connectivity index (χ3n) is 3.25. The average Bonchev–Trinajstić information content (AvgIpc) is 2.33. The summed E-state index contributed by atoms with van der Waals surface area (Å²) in [6.45, 7) is 6.26. The van der Waals surface area contributed by atoms with Crippen LogP contribution in [0.3, 0.4) is 0 Å². The Kier molecular flexibility index (Phi) is 3.81. The summed E-state index contributed by atoms with van der Waals surface area (Å²) in [4.78, 5) is 0. The van der Waals surface area contributed by atoms with Gasteiger partial charge in [0.15, 0.2) is 0 Å². The van der Waals surface area contributed by atoms with Crippen molar-refractivity contribution in [2.75, 3.05) is 0 Å². The lowest BCUT2D eigenvalue weighted by Gasteiger charge is -2.08. The van der Waals surface area contributed by atoms with Gasteiger partial charge in [0.25, 0.3) is 0 Å². The molecule has 0 saturated carbocycles. The van der Waals surface area contributed by atoms with Crippen LogP contribution >= 0.6 is 0 Å². The van der Waals surface area contributed by atoms with Gasteiger partial charge in [-0.15, -0.1) is 0 Å². The SMILES string of the molecule is Cc1ccc(Cc2ccc(C(C)C)cc2)c(F)c1. The monoisotopic (exact) mass is 242 g/mol. The van der Waals surface area contributed by atoms with Crippen molar-refractivity contribution < 1.29 is 4.39 Å². The fourth-order valence-corrected chi connectivity index (χ4v) is 2.04. The average molecular weight is 242 g/mol. The molecule has 0 heterocycles. The van der Waals surface area contributed by atoms with Gasteiger partial charge >= 0.3 is 0 Å². The minimum atomic E-state index is -0.108. The van der Waals surface area contributed by atoms with Gasteiger partial charge in [-0.05, 0) is 41.2 Å². The molecule has 0 saturated heterocycles. The molecule has 0 N–H and O–H groups in total. The van der Waals surface area contributed by atoms with Crippen molar-refractivity contribution in [2.24, 2.45) is 0 Å². The smallest absolute Gasteiger partial charge is 0.126 e. The minimum absolute atomic E-state index is 0.108. The van der Waals surface area contributed by atoms with Crippen LogP contribution in [-0.4, -0.2) is 0 Å². The molecular weight excluding hydrogens is 223 g/mol. The molecule has 94 valence electrons. The van der Waals surface area contributed by atoms with E-state index in [2.05, 4.69) is 38.1 Å². The predicted molar refractivity (Wildman–Crippen MR) is 74.5 cm³/mol. The molecule has 0 aliphatic heterocycles. The summed E-state index contributed by atoms with van der Waals surface area (Å²) in [5.41, 5.74) is 4.20.